The van der Waals surface area contributed by atoms with Crippen molar-refractivity contribution in [2.75, 3.05) is 13.1 Å². The number of carboxylic acids is 1. The Kier molecular flexibility index (Phi) is 7.71. The Hall–Kier alpha value is -2.95. The highest BCUT2D eigenvalue weighted by Crippen LogP contribution is 2.20. The van der Waals surface area contributed by atoms with Crippen LogP contribution in [-0.2, 0) is 25.6 Å². The van der Waals surface area contributed by atoms with E-state index in [1.807, 2.05) is 13.8 Å². The highest BCUT2D eigenvalue weighted by atomic mass is 16.4. The molecule has 11 nitrogen and oxygen atoms in total. The van der Waals surface area contributed by atoms with Crippen molar-refractivity contribution >= 4 is 23.7 Å². The van der Waals surface area contributed by atoms with Crippen molar-refractivity contribution in [3.63, 3.8) is 0 Å². The predicted molar refractivity (Wildman–Crippen MR) is 102 cm³/mol. The number of nitrogens with two attached hydrogens (primary N) is 1. The summed E-state index contributed by atoms with van der Waals surface area (Å²) >= 11 is 0. The van der Waals surface area contributed by atoms with Crippen LogP contribution in [0.3, 0.4) is 0 Å². The standard InChI is InChI=1S/C18H28N6O5/c1-10(2)15(19)18(29)24-5-3-4-13(24)17(28)23-12(6-11-7-20-9-22-11)16(27)21-8-14(25)26/h7,9-10,12-13,15H,3-6,8,19H2,1-2H3,(H,20,22)(H,21,27)(H,23,28)(H,25,26). The van der Waals surface area contributed by atoms with Crippen LogP contribution < -0.4 is 16.4 Å². The van der Waals surface area contributed by atoms with Gasteiger partial charge in [0, 0.05) is 24.9 Å². The summed E-state index contributed by atoms with van der Waals surface area (Å²) in [6.07, 6.45) is 4.18. The zero-order chi connectivity index (χ0) is 21.6. The minimum absolute atomic E-state index is 0.0678. The summed E-state index contributed by atoms with van der Waals surface area (Å²) in [7, 11) is 0. The molecule has 1 aromatic heterocycles. The van der Waals surface area contributed by atoms with Gasteiger partial charge in [0.05, 0.1) is 12.4 Å². The van der Waals surface area contributed by atoms with Gasteiger partial charge >= 0.3 is 5.97 Å². The van der Waals surface area contributed by atoms with Crippen LogP contribution in [0.15, 0.2) is 12.5 Å². The molecule has 6 N–H and O–H groups in total. The van der Waals surface area contributed by atoms with Crippen molar-refractivity contribution in [1.82, 2.24) is 25.5 Å². The van der Waals surface area contributed by atoms with Gasteiger partial charge in [0.15, 0.2) is 0 Å². The number of hydrogen-bond acceptors (Lipinski definition) is 6. The number of carbonyl (C=O) groups is 4. The summed E-state index contributed by atoms with van der Waals surface area (Å²) in [6.45, 7) is 3.53. The average Bonchev–Trinajstić information content (AvgIpc) is 3.35. The number of aromatic amines is 1. The molecule has 3 atom stereocenters. The molecule has 0 aliphatic carbocycles. The summed E-state index contributed by atoms with van der Waals surface area (Å²) < 4.78 is 0. The third-order valence-electron chi connectivity index (χ3n) is 4.87. The molecule has 1 aliphatic heterocycles. The Morgan fingerprint density at radius 2 is 2.10 bits per heavy atom. The fourth-order valence-corrected chi connectivity index (χ4v) is 3.16. The number of amides is 3. The summed E-state index contributed by atoms with van der Waals surface area (Å²) in [5.41, 5.74) is 6.56. The first-order valence-corrected chi connectivity index (χ1v) is 9.54. The second kappa shape index (κ2) is 10.0. The SMILES string of the molecule is CC(C)C(N)C(=O)N1CCCC1C(=O)NC(Cc1cnc[nH]1)C(=O)NCC(=O)O. The van der Waals surface area contributed by atoms with Crippen molar-refractivity contribution in [2.24, 2.45) is 11.7 Å². The highest BCUT2D eigenvalue weighted by molar-refractivity contribution is 5.94. The smallest absolute Gasteiger partial charge is 0.322 e. The number of likely N-dealkylation sites (tertiary alicyclic amines) is 1. The van der Waals surface area contributed by atoms with Crippen LogP contribution in [0.2, 0.25) is 0 Å². The van der Waals surface area contributed by atoms with Gasteiger partial charge in [-0.2, -0.15) is 0 Å². The minimum Gasteiger partial charge on any atom is -0.480 e. The maximum Gasteiger partial charge on any atom is 0.322 e. The van der Waals surface area contributed by atoms with Crippen LogP contribution in [0.1, 0.15) is 32.4 Å². The third kappa shape index (κ3) is 6.01. The van der Waals surface area contributed by atoms with Gasteiger partial charge in [0.2, 0.25) is 17.7 Å². The van der Waals surface area contributed by atoms with E-state index in [2.05, 4.69) is 20.6 Å². The molecular weight excluding hydrogens is 380 g/mol. The van der Waals surface area contributed by atoms with Crippen molar-refractivity contribution in [3.8, 4) is 0 Å². The van der Waals surface area contributed by atoms with E-state index in [9.17, 15) is 19.2 Å². The number of nitrogens with one attached hydrogen (secondary N) is 3. The molecule has 0 saturated carbocycles. The average molecular weight is 408 g/mol. The zero-order valence-electron chi connectivity index (χ0n) is 16.6. The molecule has 1 saturated heterocycles. The quantitative estimate of drug-likeness (QED) is 0.335. The largest absolute Gasteiger partial charge is 0.480 e. The monoisotopic (exact) mass is 408 g/mol. The zero-order valence-corrected chi connectivity index (χ0v) is 16.6. The van der Waals surface area contributed by atoms with E-state index < -0.39 is 42.5 Å². The van der Waals surface area contributed by atoms with Gasteiger partial charge in [-0.05, 0) is 18.8 Å². The first kappa shape index (κ1) is 22.3. The number of H-pyrrole nitrogens is 1. The van der Waals surface area contributed by atoms with Gasteiger partial charge in [0.25, 0.3) is 0 Å². The second-order valence-electron chi connectivity index (χ2n) is 7.41. The van der Waals surface area contributed by atoms with Crippen LogP contribution in [0.5, 0.6) is 0 Å². The molecule has 1 aliphatic rings. The van der Waals surface area contributed by atoms with Gasteiger partial charge in [-0.3, -0.25) is 19.2 Å². The van der Waals surface area contributed by atoms with E-state index in [1.54, 1.807) is 0 Å². The number of aliphatic carboxylic acids is 1. The Labute approximate surface area is 168 Å². The lowest BCUT2D eigenvalue weighted by molar-refractivity contribution is -0.141. The number of nitrogens with zero attached hydrogens (tertiary/aromatic N) is 2. The van der Waals surface area contributed by atoms with Crippen molar-refractivity contribution < 1.29 is 24.3 Å². The molecule has 0 bridgehead atoms. The van der Waals surface area contributed by atoms with Crippen LogP contribution in [0, 0.1) is 5.92 Å². The molecule has 0 radical (unpaired) electrons. The van der Waals surface area contributed by atoms with Gasteiger partial charge in [0.1, 0.15) is 18.6 Å². The summed E-state index contributed by atoms with van der Waals surface area (Å²) in [4.78, 5) is 56.8. The number of aromatic nitrogens is 2. The highest BCUT2D eigenvalue weighted by Gasteiger charge is 2.38. The van der Waals surface area contributed by atoms with Gasteiger partial charge in [-0.25, -0.2) is 4.98 Å². The van der Waals surface area contributed by atoms with Crippen molar-refractivity contribution in [2.45, 2.75) is 51.2 Å². The number of hydrogen-bond donors (Lipinski definition) is 5. The Balaban J connectivity index is 2.09. The first-order chi connectivity index (χ1) is 13.7. The second-order valence-corrected chi connectivity index (χ2v) is 7.41. The fraction of sp³-hybridized carbons (Fsp3) is 0.611. The van der Waals surface area contributed by atoms with Crippen LogP contribution in [0.4, 0.5) is 0 Å². The van der Waals surface area contributed by atoms with Gasteiger partial charge in [-0.1, -0.05) is 13.8 Å². The van der Waals surface area contributed by atoms with Crippen molar-refractivity contribution in [1.29, 1.82) is 0 Å². The van der Waals surface area contributed by atoms with E-state index in [0.29, 0.717) is 25.1 Å². The molecule has 1 fully saturated rings. The molecule has 2 heterocycles. The molecule has 2 rings (SSSR count). The van der Waals surface area contributed by atoms with Gasteiger partial charge in [-0.15, -0.1) is 0 Å². The maximum absolute atomic E-state index is 12.9. The Morgan fingerprint density at radius 3 is 2.69 bits per heavy atom. The Morgan fingerprint density at radius 1 is 1.38 bits per heavy atom. The molecule has 3 amide bonds. The molecule has 3 unspecified atom stereocenters. The number of carboxylic acid groups (broad SMARTS) is 1. The molecule has 11 heteroatoms. The predicted octanol–water partition coefficient (Wildman–Crippen LogP) is -1.39. The minimum atomic E-state index is -1.19. The van der Waals surface area contributed by atoms with E-state index in [0.717, 1.165) is 0 Å². The fourth-order valence-electron chi connectivity index (χ4n) is 3.16. The summed E-state index contributed by atoms with van der Waals surface area (Å²) in [6, 6.07) is -2.44. The topological polar surface area (TPSA) is 171 Å². The van der Waals surface area contributed by atoms with E-state index in [4.69, 9.17) is 10.8 Å². The number of imidazole rings is 1. The lowest BCUT2D eigenvalue weighted by Gasteiger charge is -2.29. The van der Waals surface area contributed by atoms with E-state index in [1.165, 1.54) is 17.4 Å². The van der Waals surface area contributed by atoms with E-state index in [-0.39, 0.29) is 18.2 Å². The lowest BCUT2D eigenvalue weighted by Crippen LogP contribution is -2.56. The van der Waals surface area contributed by atoms with Gasteiger partial charge < -0.3 is 31.4 Å². The maximum atomic E-state index is 12.9. The molecule has 0 aromatic carbocycles. The third-order valence-corrected chi connectivity index (χ3v) is 4.87. The number of rotatable bonds is 9. The molecule has 1 aromatic rings. The van der Waals surface area contributed by atoms with E-state index >= 15 is 0 Å². The molecule has 0 spiro atoms. The Bertz CT molecular complexity index is 735. The lowest BCUT2D eigenvalue weighted by atomic mass is 10.0. The first-order valence-electron chi connectivity index (χ1n) is 9.54. The molecular formula is C18H28N6O5. The summed E-state index contributed by atoms with van der Waals surface area (Å²) in [5, 5.41) is 13.7. The summed E-state index contributed by atoms with van der Waals surface area (Å²) in [5.74, 6) is -2.66. The van der Waals surface area contributed by atoms with Crippen molar-refractivity contribution in [3.05, 3.63) is 18.2 Å². The number of carbonyl (C=O) groups excluding carboxylic acids is 3. The van der Waals surface area contributed by atoms with Crippen LogP contribution >= 0.6 is 0 Å². The molecule has 160 valence electrons. The van der Waals surface area contributed by atoms with Crippen LogP contribution in [0.25, 0.3) is 0 Å². The van der Waals surface area contributed by atoms with Crippen LogP contribution in [-0.4, -0.2) is 74.9 Å². The molecule has 29 heavy (non-hydrogen) atoms. The normalized spacial score (nSPS) is 18.3.